The number of aliphatic hydroxyl groups is 1. The summed E-state index contributed by atoms with van der Waals surface area (Å²) in [6, 6.07) is 0.203. The molecule has 0 saturated carbocycles. The standard InChI is InChI=1S/C10H15NO/c1-3-4-5-10-8(2)6-9(7-12)11-10/h3-5,9,11-12H,1,6-7H2,2H3/b5-4-. The van der Waals surface area contributed by atoms with Gasteiger partial charge in [0.05, 0.1) is 12.6 Å². The van der Waals surface area contributed by atoms with E-state index in [1.807, 2.05) is 12.2 Å². The van der Waals surface area contributed by atoms with Gasteiger partial charge in [-0.2, -0.15) is 0 Å². The van der Waals surface area contributed by atoms with Gasteiger partial charge in [-0.3, -0.25) is 0 Å². The normalized spacial score (nSPS) is 23.3. The fourth-order valence-corrected chi connectivity index (χ4v) is 1.34. The molecule has 0 bridgehead atoms. The van der Waals surface area contributed by atoms with E-state index in [1.54, 1.807) is 6.08 Å². The first-order chi connectivity index (χ1) is 5.77. The van der Waals surface area contributed by atoms with E-state index in [2.05, 4.69) is 18.8 Å². The molecule has 0 aromatic rings. The van der Waals surface area contributed by atoms with E-state index in [9.17, 15) is 0 Å². The van der Waals surface area contributed by atoms with Crippen LogP contribution in [0.25, 0.3) is 0 Å². The zero-order valence-corrected chi connectivity index (χ0v) is 7.38. The van der Waals surface area contributed by atoms with Crippen LogP contribution in [0.5, 0.6) is 0 Å². The quantitative estimate of drug-likeness (QED) is 0.619. The molecule has 0 aliphatic carbocycles. The average molecular weight is 165 g/mol. The highest BCUT2D eigenvalue weighted by Crippen LogP contribution is 2.18. The molecule has 2 N–H and O–H groups in total. The summed E-state index contributed by atoms with van der Waals surface area (Å²) in [4.78, 5) is 0. The number of rotatable bonds is 3. The highest BCUT2D eigenvalue weighted by atomic mass is 16.3. The Bertz CT molecular complexity index is 228. The smallest absolute Gasteiger partial charge is 0.0636 e. The van der Waals surface area contributed by atoms with Crippen LogP contribution in [0.2, 0.25) is 0 Å². The number of hydrogen-bond donors (Lipinski definition) is 2. The monoisotopic (exact) mass is 165 g/mol. The van der Waals surface area contributed by atoms with Gasteiger partial charge in [-0.25, -0.2) is 0 Å². The second-order valence-corrected chi connectivity index (χ2v) is 3.02. The highest BCUT2D eigenvalue weighted by molar-refractivity contribution is 5.30. The van der Waals surface area contributed by atoms with Gasteiger partial charge in [0.25, 0.3) is 0 Å². The summed E-state index contributed by atoms with van der Waals surface area (Å²) in [7, 11) is 0. The van der Waals surface area contributed by atoms with E-state index in [0.717, 1.165) is 12.1 Å². The van der Waals surface area contributed by atoms with Crippen LogP contribution in [-0.2, 0) is 0 Å². The molecule has 12 heavy (non-hydrogen) atoms. The van der Waals surface area contributed by atoms with E-state index < -0.39 is 0 Å². The van der Waals surface area contributed by atoms with Gasteiger partial charge in [0.1, 0.15) is 0 Å². The third-order valence-corrected chi connectivity index (χ3v) is 1.99. The van der Waals surface area contributed by atoms with Crippen molar-refractivity contribution in [3.05, 3.63) is 36.1 Å². The first kappa shape index (κ1) is 9.07. The zero-order valence-electron chi connectivity index (χ0n) is 7.38. The van der Waals surface area contributed by atoms with Crippen LogP contribution < -0.4 is 5.32 Å². The first-order valence-electron chi connectivity index (χ1n) is 4.14. The fourth-order valence-electron chi connectivity index (χ4n) is 1.34. The van der Waals surface area contributed by atoms with E-state index in [4.69, 9.17) is 5.11 Å². The molecule has 0 radical (unpaired) electrons. The predicted molar refractivity (Wildman–Crippen MR) is 50.7 cm³/mol. The van der Waals surface area contributed by atoms with E-state index in [-0.39, 0.29) is 12.6 Å². The van der Waals surface area contributed by atoms with E-state index in [1.165, 1.54) is 5.57 Å². The van der Waals surface area contributed by atoms with Gasteiger partial charge in [-0.1, -0.05) is 18.7 Å². The summed E-state index contributed by atoms with van der Waals surface area (Å²) < 4.78 is 0. The predicted octanol–water partition coefficient (Wildman–Crippen LogP) is 1.36. The maximum atomic E-state index is 8.89. The third kappa shape index (κ3) is 1.98. The van der Waals surface area contributed by atoms with Gasteiger partial charge in [-0.15, -0.1) is 0 Å². The minimum Gasteiger partial charge on any atom is -0.394 e. The van der Waals surface area contributed by atoms with Gasteiger partial charge < -0.3 is 10.4 Å². The molecule has 0 saturated heterocycles. The Morgan fingerprint density at radius 2 is 2.50 bits per heavy atom. The largest absolute Gasteiger partial charge is 0.394 e. The van der Waals surface area contributed by atoms with Crippen LogP contribution in [-0.4, -0.2) is 17.8 Å². The molecule has 1 aliphatic rings. The van der Waals surface area contributed by atoms with Crippen molar-refractivity contribution in [2.24, 2.45) is 0 Å². The molecule has 0 amide bonds. The summed E-state index contributed by atoms with van der Waals surface area (Å²) in [5.41, 5.74) is 2.42. The number of aliphatic hydroxyl groups excluding tert-OH is 1. The average Bonchev–Trinajstić information content (AvgIpc) is 2.43. The van der Waals surface area contributed by atoms with Crippen LogP contribution >= 0.6 is 0 Å². The zero-order chi connectivity index (χ0) is 8.97. The Kier molecular flexibility index (Phi) is 3.11. The maximum absolute atomic E-state index is 8.89. The second-order valence-electron chi connectivity index (χ2n) is 3.02. The minimum atomic E-state index is 0.197. The number of allylic oxidation sites excluding steroid dienone is 3. The molecule has 2 nitrogen and oxygen atoms in total. The van der Waals surface area contributed by atoms with Crippen LogP contribution in [0.15, 0.2) is 36.1 Å². The van der Waals surface area contributed by atoms with Crippen molar-refractivity contribution in [3.63, 3.8) is 0 Å². The van der Waals surface area contributed by atoms with Crippen molar-refractivity contribution < 1.29 is 5.11 Å². The molecule has 1 heterocycles. The van der Waals surface area contributed by atoms with Gasteiger partial charge in [0.2, 0.25) is 0 Å². The second kappa shape index (κ2) is 4.12. The molecule has 1 aliphatic heterocycles. The van der Waals surface area contributed by atoms with Crippen molar-refractivity contribution in [2.45, 2.75) is 19.4 Å². The topological polar surface area (TPSA) is 32.3 Å². The molecule has 1 unspecified atom stereocenters. The third-order valence-electron chi connectivity index (χ3n) is 1.99. The van der Waals surface area contributed by atoms with Crippen LogP contribution in [0.4, 0.5) is 0 Å². The van der Waals surface area contributed by atoms with Crippen LogP contribution in [0.1, 0.15) is 13.3 Å². The Morgan fingerprint density at radius 1 is 1.75 bits per heavy atom. The number of hydrogen-bond acceptors (Lipinski definition) is 2. The molecular weight excluding hydrogens is 150 g/mol. The Labute approximate surface area is 73.3 Å². The maximum Gasteiger partial charge on any atom is 0.0636 e. The molecule has 0 spiro atoms. The Balaban J connectivity index is 2.59. The Morgan fingerprint density at radius 3 is 3.00 bits per heavy atom. The van der Waals surface area contributed by atoms with Crippen LogP contribution in [0.3, 0.4) is 0 Å². The SMILES string of the molecule is C=C/C=C\C1=C(C)CC(CO)N1. The molecule has 0 aromatic heterocycles. The highest BCUT2D eigenvalue weighted by Gasteiger charge is 2.17. The van der Waals surface area contributed by atoms with Gasteiger partial charge in [0, 0.05) is 5.70 Å². The van der Waals surface area contributed by atoms with Gasteiger partial charge >= 0.3 is 0 Å². The summed E-state index contributed by atoms with van der Waals surface area (Å²) in [6.45, 7) is 5.87. The fraction of sp³-hybridized carbons (Fsp3) is 0.400. The van der Waals surface area contributed by atoms with Crippen LogP contribution in [0, 0.1) is 0 Å². The molecule has 2 heteroatoms. The molecular formula is C10H15NO. The lowest BCUT2D eigenvalue weighted by atomic mass is 10.1. The summed E-state index contributed by atoms with van der Waals surface area (Å²) in [6.07, 6.45) is 6.56. The molecule has 0 fully saturated rings. The van der Waals surface area contributed by atoms with Crippen molar-refractivity contribution in [1.29, 1.82) is 0 Å². The van der Waals surface area contributed by atoms with Crippen molar-refractivity contribution >= 4 is 0 Å². The van der Waals surface area contributed by atoms with E-state index in [0.29, 0.717) is 0 Å². The molecule has 66 valence electrons. The van der Waals surface area contributed by atoms with Crippen molar-refractivity contribution in [3.8, 4) is 0 Å². The van der Waals surface area contributed by atoms with E-state index >= 15 is 0 Å². The first-order valence-corrected chi connectivity index (χ1v) is 4.14. The molecule has 0 aromatic carbocycles. The number of nitrogens with one attached hydrogen (secondary N) is 1. The van der Waals surface area contributed by atoms with Gasteiger partial charge in [0.15, 0.2) is 0 Å². The minimum absolute atomic E-state index is 0.197. The van der Waals surface area contributed by atoms with Crippen molar-refractivity contribution in [1.82, 2.24) is 5.32 Å². The van der Waals surface area contributed by atoms with Gasteiger partial charge in [-0.05, 0) is 25.0 Å². The lowest BCUT2D eigenvalue weighted by molar-refractivity contribution is 0.256. The Hall–Kier alpha value is -1.02. The lowest BCUT2D eigenvalue weighted by Crippen LogP contribution is -2.25. The van der Waals surface area contributed by atoms with Crippen molar-refractivity contribution in [2.75, 3.05) is 6.61 Å². The summed E-state index contributed by atoms with van der Waals surface area (Å²) in [5.74, 6) is 0. The molecule has 1 atom stereocenters. The molecule has 1 rings (SSSR count). The lowest BCUT2D eigenvalue weighted by Gasteiger charge is -2.07. The summed E-state index contributed by atoms with van der Waals surface area (Å²) in [5, 5.41) is 12.1. The summed E-state index contributed by atoms with van der Waals surface area (Å²) >= 11 is 0.